The molecule has 1 amide bonds. The van der Waals surface area contributed by atoms with E-state index >= 15 is 0 Å². The predicted octanol–water partition coefficient (Wildman–Crippen LogP) is 1.99. The fourth-order valence-corrected chi connectivity index (χ4v) is 3.53. The molecule has 0 aromatic carbocycles. The van der Waals surface area contributed by atoms with Crippen LogP contribution in [0.3, 0.4) is 0 Å². The molecule has 3 rings (SSSR count). The Labute approximate surface area is 126 Å². The van der Waals surface area contributed by atoms with Crippen molar-refractivity contribution < 1.29 is 4.79 Å². The van der Waals surface area contributed by atoms with Crippen molar-refractivity contribution in [1.82, 2.24) is 20.4 Å². The van der Waals surface area contributed by atoms with Crippen molar-refractivity contribution in [1.29, 1.82) is 0 Å². The molecule has 0 bridgehead atoms. The molecule has 116 valence electrons. The highest BCUT2D eigenvalue weighted by molar-refractivity contribution is 5.79. The maximum Gasteiger partial charge on any atom is 0.225 e. The van der Waals surface area contributed by atoms with Gasteiger partial charge in [-0.1, -0.05) is 19.3 Å². The first-order valence-corrected chi connectivity index (χ1v) is 8.25. The molecule has 1 aliphatic heterocycles. The summed E-state index contributed by atoms with van der Waals surface area (Å²) in [4.78, 5) is 14.6. The number of nitrogens with one attached hydrogen (secondary N) is 2. The van der Waals surface area contributed by atoms with Crippen LogP contribution in [0.2, 0.25) is 0 Å². The van der Waals surface area contributed by atoms with E-state index in [1.54, 1.807) is 0 Å². The van der Waals surface area contributed by atoms with Gasteiger partial charge in [-0.3, -0.25) is 9.89 Å². The number of amides is 1. The minimum atomic E-state index is 0.298. The van der Waals surface area contributed by atoms with Crippen molar-refractivity contribution in [3.05, 3.63) is 17.5 Å². The van der Waals surface area contributed by atoms with Crippen molar-refractivity contribution in [2.45, 2.75) is 58.0 Å². The second-order valence-electron chi connectivity index (χ2n) is 6.52. The van der Waals surface area contributed by atoms with Crippen LogP contribution in [0.15, 0.2) is 6.20 Å². The van der Waals surface area contributed by atoms with Crippen LogP contribution in [0, 0.1) is 12.8 Å². The molecule has 1 aromatic heterocycles. The van der Waals surface area contributed by atoms with Gasteiger partial charge in [0.2, 0.25) is 5.91 Å². The summed E-state index contributed by atoms with van der Waals surface area (Å²) in [5.41, 5.74) is 2.34. The topological polar surface area (TPSA) is 61.0 Å². The number of H-pyrrole nitrogens is 1. The fraction of sp³-hybridized carbons (Fsp3) is 0.750. The van der Waals surface area contributed by atoms with Crippen LogP contribution >= 0.6 is 0 Å². The number of aromatic nitrogens is 2. The number of hydrogen-bond donors (Lipinski definition) is 2. The van der Waals surface area contributed by atoms with Gasteiger partial charge in [-0.05, 0) is 31.7 Å². The molecule has 2 aliphatic rings. The Bertz CT molecular complexity index is 478. The van der Waals surface area contributed by atoms with Crippen molar-refractivity contribution in [3.63, 3.8) is 0 Å². The lowest BCUT2D eigenvalue weighted by Crippen LogP contribution is -2.38. The van der Waals surface area contributed by atoms with Gasteiger partial charge < -0.3 is 10.2 Å². The summed E-state index contributed by atoms with van der Waals surface area (Å²) in [5, 5.41) is 10.6. The molecule has 5 nitrogen and oxygen atoms in total. The molecule has 1 aromatic rings. The van der Waals surface area contributed by atoms with Crippen molar-refractivity contribution in [2.24, 2.45) is 5.92 Å². The molecule has 1 saturated carbocycles. The first kappa shape index (κ1) is 14.6. The van der Waals surface area contributed by atoms with Gasteiger partial charge in [0.15, 0.2) is 0 Å². The second-order valence-corrected chi connectivity index (χ2v) is 6.52. The van der Waals surface area contributed by atoms with Crippen LogP contribution in [-0.4, -0.2) is 40.1 Å². The van der Waals surface area contributed by atoms with E-state index in [1.807, 2.05) is 6.20 Å². The molecule has 1 unspecified atom stereocenters. The third-order valence-corrected chi connectivity index (χ3v) is 4.96. The molecule has 0 spiro atoms. The van der Waals surface area contributed by atoms with Crippen LogP contribution in [0.1, 0.15) is 49.8 Å². The number of hydrogen-bond acceptors (Lipinski definition) is 3. The number of aromatic amines is 1. The molecular formula is C16H26N4O. The first-order chi connectivity index (χ1) is 10.2. The number of nitrogens with zero attached hydrogens (tertiary/aromatic N) is 2. The highest BCUT2D eigenvalue weighted by Crippen LogP contribution is 2.26. The summed E-state index contributed by atoms with van der Waals surface area (Å²) in [5.74, 6) is 0.698. The van der Waals surface area contributed by atoms with E-state index in [0.29, 0.717) is 17.9 Å². The van der Waals surface area contributed by atoms with E-state index in [9.17, 15) is 4.79 Å². The summed E-state index contributed by atoms with van der Waals surface area (Å²) in [7, 11) is 0. The summed E-state index contributed by atoms with van der Waals surface area (Å²) < 4.78 is 0. The molecule has 0 radical (unpaired) electrons. The Hall–Kier alpha value is -1.36. The lowest BCUT2D eigenvalue weighted by atomic mass is 9.88. The molecule has 2 heterocycles. The summed E-state index contributed by atoms with van der Waals surface area (Å²) in [6.45, 7) is 4.65. The third-order valence-electron chi connectivity index (χ3n) is 4.96. The van der Waals surface area contributed by atoms with E-state index < -0.39 is 0 Å². The number of carbonyl (C=O) groups excluding carboxylic acids is 1. The van der Waals surface area contributed by atoms with Crippen LogP contribution < -0.4 is 5.32 Å². The van der Waals surface area contributed by atoms with E-state index in [-0.39, 0.29) is 0 Å². The van der Waals surface area contributed by atoms with Gasteiger partial charge in [0.05, 0.1) is 11.9 Å². The minimum Gasteiger partial charge on any atom is -0.341 e. The maximum absolute atomic E-state index is 12.5. The average molecular weight is 290 g/mol. The zero-order chi connectivity index (χ0) is 14.7. The van der Waals surface area contributed by atoms with E-state index in [4.69, 9.17) is 0 Å². The van der Waals surface area contributed by atoms with Gasteiger partial charge in [0.1, 0.15) is 0 Å². The Morgan fingerprint density at radius 3 is 2.90 bits per heavy atom. The predicted molar refractivity (Wildman–Crippen MR) is 81.7 cm³/mol. The monoisotopic (exact) mass is 290 g/mol. The fourth-order valence-electron chi connectivity index (χ4n) is 3.53. The normalized spacial score (nSPS) is 23.7. The van der Waals surface area contributed by atoms with Gasteiger partial charge >= 0.3 is 0 Å². The Balaban J connectivity index is 1.46. The number of carbonyl (C=O) groups is 1. The van der Waals surface area contributed by atoms with Crippen LogP contribution in [0.4, 0.5) is 0 Å². The molecular weight excluding hydrogens is 264 g/mol. The standard InChI is InChI=1S/C16H26N4O/c1-12-9-18-19-15(12)10-17-14-7-8-20(11-14)16(21)13-5-3-2-4-6-13/h9,13-14,17H,2-8,10-11H2,1H3,(H,18,19). The average Bonchev–Trinajstić information content (AvgIpc) is 3.14. The van der Waals surface area contributed by atoms with Gasteiger partial charge in [-0.15, -0.1) is 0 Å². The van der Waals surface area contributed by atoms with Crippen molar-refractivity contribution in [3.8, 4) is 0 Å². The van der Waals surface area contributed by atoms with Gasteiger partial charge in [0, 0.05) is 31.6 Å². The zero-order valence-corrected chi connectivity index (χ0v) is 12.9. The molecule has 2 fully saturated rings. The molecule has 5 heteroatoms. The summed E-state index contributed by atoms with van der Waals surface area (Å²) in [6, 6.07) is 0.417. The van der Waals surface area contributed by atoms with Gasteiger partial charge in [-0.2, -0.15) is 5.10 Å². The summed E-state index contributed by atoms with van der Waals surface area (Å²) >= 11 is 0. The number of aryl methyl sites for hydroxylation is 1. The second kappa shape index (κ2) is 6.60. The van der Waals surface area contributed by atoms with Gasteiger partial charge in [-0.25, -0.2) is 0 Å². The Morgan fingerprint density at radius 2 is 2.19 bits per heavy atom. The lowest BCUT2D eigenvalue weighted by molar-refractivity contribution is -0.135. The smallest absolute Gasteiger partial charge is 0.225 e. The Kier molecular flexibility index (Phi) is 4.58. The van der Waals surface area contributed by atoms with E-state index in [0.717, 1.165) is 44.6 Å². The molecule has 1 aliphatic carbocycles. The highest BCUT2D eigenvalue weighted by Gasteiger charge is 2.31. The van der Waals surface area contributed by atoms with E-state index in [1.165, 1.54) is 24.8 Å². The Morgan fingerprint density at radius 1 is 1.38 bits per heavy atom. The largest absolute Gasteiger partial charge is 0.341 e. The van der Waals surface area contributed by atoms with Crippen LogP contribution in [0.5, 0.6) is 0 Å². The molecule has 21 heavy (non-hydrogen) atoms. The quantitative estimate of drug-likeness (QED) is 0.891. The van der Waals surface area contributed by atoms with E-state index in [2.05, 4.69) is 27.3 Å². The SMILES string of the molecule is Cc1cn[nH]c1CNC1CCN(C(=O)C2CCCCC2)C1. The number of likely N-dealkylation sites (tertiary alicyclic amines) is 1. The lowest BCUT2D eigenvalue weighted by Gasteiger charge is -2.26. The minimum absolute atomic E-state index is 0.298. The summed E-state index contributed by atoms with van der Waals surface area (Å²) in [6.07, 6.45) is 8.87. The van der Waals surface area contributed by atoms with Gasteiger partial charge in [0.25, 0.3) is 0 Å². The van der Waals surface area contributed by atoms with Crippen molar-refractivity contribution in [2.75, 3.05) is 13.1 Å². The molecule has 2 N–H and O–H groups in total. The maximum atomic E-state index is 12.5. The highest BCUT2D eigenvalue weighted by atomic mass is 16.2. The zero-order valence-electron chi connectivity index (χ0n) is 12.9. The molecule has 1 saturated heterocycles. The van der Waals surface area contributed by atoms with Crippen molar-refractivity contribution >= 4 is 5.91 Å². The van der Waals surface area contributed by atoms with Crippen LogP contribution in [0.25, 0.3) is 0 Å². The van der Waals surface area contributed by atoms with Crippen LogP contribution in [-0.2, 0) is 11.3 Å². The molecule has 1 atom stereocenters. The third kappa shape index (κ3) is 3.46. The number of rotatable bonds is 4. The first-order valence-electron chi connectivity index (χ1n) is 8.25.